The van der Waals surface area contributed by atoms with Crippen molar-refractivity contribution in [1.82, 2.24) is 10.2 Å². The zero-order valence-electron chi connectivity index (χ0n) is 11.6. The molecule has 0 aromatic heterocycles. The first-order valence-corrected chi connectivity index (χ1v) is 6.92. The van der Waals surface area contributed by atoms with Crippen molar-refractivity contribution in [2.24, 2.45) is 0 Å². The van der Waals surface area contributed by atoms with Gasteiger partial charge in [0, 0.05) is 19.0 Å². The van der Waals surface area contributed by atoms with Gasteiger partial charge in [0.25, 0.3) is 0 Å². The minimum atomic E-state index is -1.01. The van der Waals surface area contributed by atoms with Crippen LogP contribution in [-0.2, 0) is 11.2 Å². The number of likely N-dealkylation sites (tertiary alicyclic amines) is 1. The van der Waals surface area contributed by atoms with Gasteiger partial charge in [0.05, 0.1) is 0 Å². The average Bonchev–Trinajstić information content (AvgIpc) is 2.85. The molecule has 5 heteroatoms. The Morgan fingerprint density at radius 3 is 2.65 bits per heavy atom. The Morgan fingerprint density at radius 2 is 2.10 bits per heavy atom. The topological polar surface area (TPSA) is 69.6 Å². The molecular weight excluding hydrogens is 256 g/mol. The highest BCUT2D eigenvalue weighted by molar-refractivity contribution is 5.83. The predicted octanol–water partition coefficient (Wildman–Crippen LogP) is 1.88. The molecule has 2 rings (SSSR count). The Kier molecular flexibility index (Phi) is 4.61. The summed E-state index contributed by atoms with van der Waals surface area (Å²) in [6.07, 6.45) is 2.25. The number of carboxylic acid groups (broad SMARTS) is 1. The zero-order valence-corrected chi connectivity index (χ0v) is 11.6. The zero-order chi connectivity index (χ0) is 14.5. The summed E-state index contributed by atoms with van der Waals surface area (Å²) < 4.78 is 0. The molecule has 1 aliphatic heterocycles. The first-order valence-electron chi connectivity index (χ1n) is 6.92. The van der Waals surface area contributed by atoms with Gasteiger partial charge in [-0.1, -0.05) is 30.3 Å². The fourth-order valence-electron chi connectivity index (χ4n) is 2.52. The monoisotopic (exact) mass is 276 g/mol. The first-order chi connectivity index (χ1) is 9.58. The number of urea groups is 1. The van der Waals surface area contributed by atoms with E-state index in [0.29, 0.717) is 13.0 Å². The molecule has 0 bridgehead atoms. The van der Waals surface area contributed by atoms with Crippen molar-refractivity contribution in [2.75, 3.05) is 6.54 Å². The highest BCUT2D eigenvalue weighted by Gasteiger charge is 2.28. The molecule has 1 heterocycles. The van der Waals surface area contributed by atoms with Gasteiger partial charge in [-0.2, -0.15) is 0 Å². The van der Waals surface area contributed by atoms with E-state index in [1.54, 1.807) is 4.90 Å². The molecule has 1 aliphatic rings. The lowest BCUT2D eigenvalue weighted by molar-refractivity contribution is -0.139. The van der Waals surface area contributed by atoms with Crippen LogP contribution < -0.4 is 5.32 Å². The van der Waals surface area contributed by atoms with Gasteiger partial charge < -0.3 is 15.3 Å². The van der Waals surface area contributed by atoms with Crippen LogP contribution in [0.5, 0.6) is 0 Å². The van der Waals surface area contributed by atoms with Gasteiger partial charge in [0.2, 0.25) is 0 Å². The highest BCUT2D eigenvalue weighted by Crippen LogP contribution is 2.16. The fraction of sp³-hybridized carbons (Fsp3) is 0.467. The van der Waals surface area contributed by atoms with Gasteiger partial charge in [0.15, 0.2) is 0 Å². The Morgan fingerprint density at radius 1 is 1.40 bits per heavy atom. The summed E-state index contributed by atoms with van der Waals surface area (Å²) in [4.78, 5) is 25.1. The maximum absolute atomic E-state index is 12.1. The summed E-state index contributed by atoms with van der Waals surface area (Å²) in [6, 6.07) is 8.33. The lowest BCUT2D eigenvalue weighted by Gasteiger charge is -2.24. The van der Waals surface area contributed by atoms with E-state index < -0.39 is 12.0 Å². The molecule has 0 radical (unpaired) electrons. The van der Waals surface area contributed by atoms with E-state index in [9.17, 15) is 14.7 Å². The second kappa shape index (κ2) is 6.41. The van der Waals surface area contributed by atoms with E-state index in [1.165, 1.54) is 0 Å². The second-order valence-electron chi connectivity index (χ2n) is 5.21. The van der Waals surface area contributed by atoms with E-state index in [2.05, 4.69) is 5.32 Å². The van der Waals surface area contributed by atoms with E-state index >= 15 is 0 Å². The van der Waals surface area contributed by atoms with Crippen LogP contribution in [0.25, 0.3) is 0 Å². The summed E-state index contributed by atoms with van der Waals surface area (Å²) in [5, 5.41) is 11.9. The van der Waals surface area contributed by atoms with Crippen LogP contribution in [0.4, 0.5) is 4.79 Å². The SMILES string of the molecule is CC1CCCN1C(=O)N[C@@H](Cc1ccccc1)C(=O)O. The third kappa shape index (κ3) is 3.50. The Balaban J connectivity index is 1.99. The van der Waals surface area contributed by atoms with E-state index in [4.69, 9.17) is 0 Å². The Bertz CT molecular complexity index is 475. The molecule has 5 nitrogen and oxygen atoms in total. The molecule has 0 saturated carbocycles. The number of aliphatic carboxylic acids is 1. The maximum atomic E-state index is 12.1. The lowest BCUT2D eigenvalue weighted by atomic mass is 10.1. The van der Waals surface area contributed by atoms with Crippen molar-refractivity contribution in [2.45, 2.75) is 38.3 Å². The van der Waals surface area contributed by atoms with Gasteiger partial charge in [-0.25, -0.2) is 9.59 Å². The molecule has 1 aromatic rings. The standard InChI is InChI=1S/C15H20N2O3/c1-11-6-5-9-17(11)15(20)16-13(14(18)19)10-12-7-3-2-4-8-12/h2-4,7-8,11,13H,5-6,9-10H2,1H3,(H,16,20)(H,18,19)/t11?,13-/m0/s1. The quantitative estimate of drug-likeness (QED) is 0.882. The number of rotatable bonds is 4. The third-order valence-corrected chi connectivity index (χ3v) is 3.69. The molecule has 2 amide bonds. The van der Waals surface area contributed by atoms with Crippen molar-refractivity contribution >= 4 is 12.0 Å². The third-order valence-electron chi connectivity index (χ3n) is 3.69. The molecule has 1 aromatic carbocycles. The predicted molar refractivity (Wildman–Crippen MR) is 75.5 cm³/mol. The van der Waals surface area contributed by atoms with Crippen LogP contribution in [0.1, 0.15) is 25.3 Å². The van der Waals surface area contributed by atoms with Crippen LogP contribution in [0.15, 0.2) is 30.3 Å². The summed E-state index contributed by atoms with van der Waals surface area (Å²) in [5.74, 6) is -1.01. The maximum Gasteiger partial charge on any atom is 0.326 e. The van der Waals surface area contributed by atoms with Crippen LogP contribution in [0.2, 0.25) is 0 Å². The van der Waals surface area contributed by atoms with Crippen LogP contribution in [-0.4, -0.2) is 40.6 Å². The normalized spacial score (nSPS) is 19.6. The van der Waals surface area contributed by atoms with E-state index in [0.717, 1.165) is 18.4 Å². The number of carbonyl (C=O) groups is 2. The molecule has 1 saturated heterocycles. The lowest BCUT2D eigenvalue weighted by Crippen LogP contribution is -2.49. The molecule has 20 heavy (non-hydrogen) atoms. The van der Waals surface area contributed by atoms with Gasteiger partial charge in [-0.3, -0.25) is 0 Å². The number of carboxylic acids is 1. The van der Waals surface area contributed by atoms with Crippen molar-refractivity contribution < 1.29 is 14.7 Å². The fourth-order valence-corrected chi connectivity index (χ4v) is 2.52. The summed E-state index contributed by atoms with van der Waals surface area (Å²) in [5.41, 5.74) is 0.898. The Labute approximate surface area is 118 Å². The molecule has 2 N–H and O–H groups in total. The number of carbonyl (C=O) groups excluding carboxylic acids is 1. The summed E-state index contributed by atoms with van der Waals surface area (Å²) in [7, 11) is 0. The molecule has 2 atom stereocenters. The minimum Gasteiger partial charge on any atom is -0.480 e. The summed E-state index contributed by atoms with van der Waals surface area (Å²) >= 11 is 0. The molecule has 1 fully saturated rings. The molecule has 108 valence electrons. The van der Waals surface area contributed by atoms with E-state index in [1.807, 2.05) is 37.3 Å². The van der Waals surface area contributed by atoms with Crippen molar-refractivity contribution in [3.63, 3.8) is 0 Å². The van der Waals surface area contributed by atoms with Gasteiger partial charge in [-0.15, -0.1) is 0 Å². The Hall–Kier alpha value is -2.04. The number of hydrogen-bond donors (Lipinski definition) is 2. The number of nitrogens with one attached hydrogen (secondary N) is 1. The molecule has 0 aliphatic carbocycles. The van der Waals surface area contributed by atoms with Crippen LogP contribution >= 0.6 is 0 Å². The van der Waals surface area contributed by atoms with Gasteiger partial charge >= 0.3 is 12.0 Å². The average molecular weight is 276 g/mol. The largest absolute Gasteiger partial charge is 0.480 e. The first kappa shape index (κ1) is 14.4. The number of hydrogen-bond acceptors (Lipinski definition) is 2. The number of amides is 2. The molecule has 1 unspecified atom stereocenters. The number of benzene rings is 1. The smallest absolute Gasteiger partial charge is 0.326 e. The van der Waals surface area contributed by atoms with Crippen molar-refractivity contribution in [1.29, 1.82) is 0 Å². The second-order valence-corrected chi connectivity index (χ2v) is 5.21. The van der Waals surface area contributed by atoms with E-state index in [-0.39, 0.29) is 12.1 Å². The molecular formula is C15H20N2O3. The molecule has 0 spiro atoms. The van der Waals surface area contributed by atoms with Gasteiger partial charge in [0.1, 0.15) is 6.04 Å². The van der Waals surface area contributed by atoms with Crippen molar-refractivity contribution in [3.05, 3.63) is 35.9 Å². The van der Waals surface area contributed by atoms with Crippen molar-refractivity contribution in [3.8, 4) is 0 Å². The number of nitrogens with zero attached hydrogens (tertiary/aromatic N) is 1. The highest BCUT2D eigenvalue weighted by atomic mass is 16.4. The van der Waals surface area contributed by atoms with Crippen LogP contribution in [0, 0.1) is 0 Å². The summed E-state index contributed by atoms with van der Waals surface area (Å²) in [6.45, 7) is 2.68. The van der Waals surface area contributed by atoms with Crippen LogP contribution in [0.3, 0.4) is 0 Å². The van der Waals surface area contributed by atoms with Gasteiger partial charge in [-0.05, 0) is 25.3 Å². The minimum absolute atomic E-state index is 0.182.